The number of aromatic nitrogens is 2. The van der Waals surface area contributed by atoms with Gasteiger partial charge in [0.05, 0.1) is 16.3 Å². The van der Waals surface area contributed by atoms with Gasteiger partial charge in [0.2, 0.25) is 0 Å². The predicted molar refractivity (Wildman–Crippen MR) is 95.6 cm³/mol. The Bertz CT molecular complexity index is 1090. The number of anilines is 1. The van der Waals surface area contributed by atoms with Gasteiger partial charge in [0.15, 0.2) is 10.8 Å². The van der Waals surface area contributed by atoms with Crippen molar-refractivity contribution < 1.29 is 21.6 Å². The lowest BCUT2D eigenvalue weighted by atomic mass is 10.2. The molecular weight excluding hydrogens is 403 g/mol. The summed E-state index contributed by atoms with van der Waals surface area (Å²) in [5, 5.41) is -0.534. The van der Waals surface area contributed by atoms with Crippen LogP contribution < -0.4 is 4.72 Å². The van der Waals surface area contributed by atoms with E-state index in [0.717, 1.165) is 4.57 Å². The third-order valence-electron chi connectivity index (χ3n) is 3.75. The van der Waals surface area contributed by atoms with Crippen molar-refractivity contribution in [2.24, 2.45) is 0 Å². The topological polar surface area (TPSA) is 64.0 Å². The quantitative estimate of drug-likeness (QED) is 0.674. The van der Waals surface area contributed by atoms with E-state index in [-0.39, 0.29) is 15.9 Å². The van der Waals surface area contributed by atoms with Gasteiger partial charge in [0, 0.05) is 12.4 Å². The van der Waals surface area contributed by atoms with Gasteiger partial charge < -0.3 is 0 Å². The van der Waals surface area contributed by atoms with Gasteiger partial charge in [-0.3, -0.25) is 9.29 Å². The maximum Gasteiger partial charge on any atom is 0.417 e. The van der Waals surface area contributed by atoms with E-state index in [4.69, 9.17) is 11.6 Å². The van der Waals surface area contributed by atoms with Gasteiger partial charge in [-0.15, -0.1) is 0 Å². The molecule has 0 aliphatic carbocycles. The molecule has 10 heteroatoms. The molecule has 2 heterocycles. The van der Waals surface area contributed by atoms with Crippen LogP contribution >= 0.6 is 11.6 Å². The Kier molecular flexibility index (Phi) is 4.92. The molecule has 3 rings (SSSR count). The SMILES string of the molecule is Cc1ccccc1NS(=O)(=O)c1cccn1-c1ncc(C(F)(F)F)cc1Cl. The monoisotopic (exact) mass is 415 g/mol. The molecular formula is C17H13ClF3N3O2S. The van der Waals surface area contributed by atoms with E-state index in [1.165, 1.54) is 18.3 Å². The molecule has 0 bridgehead atoms. The van der Waals surface area contributed by atoms with Crippen LogP contribution in [0.2, 0.25) is 5.02 Å². The Morgan fingerprint density at radius 1 is 1.15 bits per heavy atom. The molecule has 5 nitrogen and oxygen atoms in total. The molecule has 0 spiro atoms. The lowest BCUT2D eigenvalue weighted by Crippen LogP contribution is -2.18. The number of hydrogen-bond acceptors (Lipinski definition) is 3. The molecule has 0 saturated heterocycles. The summed E-state index contributed by atoms with van der Waals surface area (Å²) in [6, 6.07) is 10.2. The van der Waals surface area contributed by atoms with E-state index in [1.807, 2.05) is 0 Å². The normalized spacial score (nSPS) is 12.2. The number of nitrogens with one attached hydrogen (secondary N) is 1. The average Bonchev–Trinajstić information content (AvgIpc) is 3.06. The van der Waals surface area contributed by atoms with Crippen LogP contribution in [0.25, 0.3) is 5.82 Å². The zero-order valence-electron chi connectivity index (χ0n) is 13.8. The Morgan fingerprint density at radius 3 is 2.48 bits per heavy atom. The highest BCUT2D eigenvalue weighted by molar-refractivity contribution is 7.92. The molecule has 142 valence electrons. The summed E-state index contributed by atoms with van der Waals surface area (Å²) >= 11 is 5.94. The summed E-state index contributed by atoms with van der Waals surface area (Å²) in [7, 11) is -4.03. The number of hydrogen-bond donors (Lipinski definition) is 1. The third-order valence-corrected chi connectivity index (χ3v) is 5.40. The van der Waals surface area contributed by atoms with Crippen molar-refractivity contribution in [1.29, 1.82) is 0 Å². The van der Waals surface area contributed by atoms with Crippen LogP contribution in [-0.4, -0.2) is 18.0 Å². The van der Waals surface area contributed by atoms with E-state index in [0.29, 0.717) is 23.5 Å². The minimum atomic E-state index is -4.60. The van der Waals surface area contributed by atoms with Crippen molar-refractivity contribution in [3.05, 3.63) is 71.0 Å². The first-order chi connectivity index (χ1) is 12.6. The fourth-order valence-electron chi connectivity index (χ4n) is 2.41. The number of sulfonamides is 1. The van der Waals surface area contributed by atoms with Crippen LogP contribution in [0.5, 0.6) is 0 Å². The van der Waals surface area contributed by atoms with Gasteiger partial charge in [-0.25, -0.2) is 4.98 Å². The van der Waals surface area contributed by atoms with E-state index < -0.39 is 21.8 Å². The van der Waals surface area contributed by atoms with Crippen molar-refractivity contribution in [1.82, 2.24) is 9.55 Å². The molecule has 0 fully saturated rings. The molecule has 0 atom stereocenters. The van der Waals surface area contributed by atoms with Crippen molar-refractivity contribution >= 4 is 27.3 Å². The number of alkyl halides is 3. The van der Waals surface area contributed by atoms with Crippen LogP contribution in [0.3, 0.4) is 0 Å². The molecule has 0 saturated carbocycles. The highest BCUT2D eigenvalue weighted by Gasteiger charge is 2.32. The second-order valence-corrected chi connectivity index (χ2v) is 7.70. The maximum atomic E-state index is 12.8. The van der Waals surface area contributed by atoms with Crippen LogP contribution in [0.4, 0.5) is 18.9 Å². The summed E-state index contributed by atoms with van der Waals surface area (Å²) in [5.41, 5.74) is 0.0763. The van der Waals surface area contributed by atoms with E-state index in [9.17, 15) is 21.6 Å². The van der Waals surface area contributed by atoms with Gasteiger partial charge >= 0.3 is 6.18 Å². The van der Waals surface area contributed by atoms with Crippen LogP contribution in [0, 0.1) is 6.92 Å². The Balaban J connectivity index is 2.03. The smallest absolute Gasteiger partial charge is 0.289 e. The molecule has 1 aromatic carbocycles. The molecule has 0 aliphatic heterocycles. The Hall–Kier alpha value is -2.52. The fraction of sp³-hybridized carbons (Fsp3) is 0.118. The second kappa shape index (κ2) is 6.90. The lowest BCUT2D eigenvalue weighted by Gasteiger charge is -2.14. The first-order valence-corrected chi connectivity index (χ1v) is 9.44. The first kappa shape index (κ1) is 19.2. The summed E-state index contributed by atoms with van der Waals surface area (Å²) in [4.78, 5) is 3.70. The highest BCUT2D eigenvalue weighted by atomic mass is 35.5. The predicted octanol–water partition coefficient (Wildman–Crippen LogP) is 4.65. The molecule has 0 radical (unpaired) electrons. The lowest BCUT2D eigenvalue weighted by molar-refractivity contribution is -0.137. The molecule has 27 heavy (non-hydrogen) atoms. The maximum absolute atomic E-state index is 12.8. The van der Waals surface area contributed by atoms with E-state index in [2.05, 4.69) is 9.71 Å². The van der Waals surface area contributed by atoms with Crippen LogP contribution in [-0.2, 0) is 16.2 Å². The fourth-order valence-corrected chi connectivity index (χ4v) is 3.95. The zero-order valence-corrected chi connectivity index (χ0v) is 15.4. The number of nitrogens with zero attached hydrogens (tertiary/aromatic N) is 2. The van der Waals surface area contributed by atoms with Crippen molar-refractivity contribution in [3.63, 3.8) is 0 Å². The summed E-state index contributed by atoms with van der Waals surface area (Å²) < 4.78 is 67.4. The Labute approximate surface area is 158 Å². The van der Waals surface area contributed by atoms with Crippen molar-refractivity contribution in [3.8, 4) is 5.82 Å². The van der Waals surface area contributed by atoms with Crippen molar-refractivity contribution in [2.75, 3.05) is 4.72 Å². The Morgan fingerprint density at radius 2 is 1.85 bits per heavy atom. The molecule has 2 aromatic heterocycles. The van der Waals surface area contributed by atoms with Gasteiger partial charge in [0.25, 0.3) is 10.0 Å². The third kappa shape index (κ3) is 3.93. The molecule has 1 N–H and O–H groups in total. The minimum absolute atomic E-state index is 0.125. The molecule has 0 unspecified atom stereocenters. The van der Waals surface area contributed by atoms with Gasteiger partial charge in [0.1, 0.15) is 0 Å². The molecule has 0 aliphatic rings. The molecule has 3 aromatic rings. The van der Waals surface area contributed by atoms with E-state index >= 15 is 0 Å². The number of halogens is 4. The van der Waals surface area contributed by atoms with Crippen molar-refractivity contribution in [2.45, 2.75) is 18.1 Å². The number of benzene rings is 1. The van der Waals surface area contributed by atoms with Gasteiger partial charge in [-0.2, -0.15) is 21.6 Å². The summed E-state index contributed by atoms with van der Waals surface area (Å²) in [6.45, 7) is 1.74. The first-order valence-electron chi connectivity index (χ1n) is 7.58. The number of pyridine rings is 1. The van der Waals surface area contributed by atoms with Gasteiger partial charge in [-0.1, -0.05) is 29.8 Å². The highest BCUT2D eigenvalue weighted by Crippen LogP contribution is 2.33. The standard InChI is InChI=1S/C17H13ClF3N3O2S/c1-11-5-2-3-6-14(11)23-27(25,26)15-7-4-8-24(15)16-13(18)9-12(10-22-16)17(19,20)21/h2-10,23H,1H3. The minimum Gasteiger partial charge on any atom is -0.289 e. The average molecular weight is 416 g/mol. The summed E-state index contributed by atoms with van der Waals surface area (Å²) in [5.74, 6) is -0.125. The second-order valence-electron chi connectivity index (χ2n) is 5.66. The number of rotatable bonds is 4. The summed E-state index contributed by atoms with van der Waals surface area (Å²) in [6.07, 6.45) is -2.65. The van der Waals surface area contributed by atoms with Gasteiger partial charge in [-0.05, 0) is 36.8 Å². The number of para-hydroxylation sites is 1. The van der Waals surface area contributed by atoms with E-state index in [1.54, 1.807) is 31.2 Å². The molecule has 0 amide bonds. The van der Waals surface area contributed by atoms with Crippen LogP contribution in [0.15, 0.2) is 59.9 Å². The van der Waals surface area contributed by atoms with Crippen LogP contribution in [0.1, 0.15) is 11.1 Å². The largest absolute Gasteiger partial charge is 0.417 e. The number of aryl methyl sites for hydroxylation is 1. The zero-order chi connectivity index (χ0) is 19.8.